The molecule has 0 unspecified atom stereocenters. The van der Waals surface area contributed by atoms with Crippen LogP contribution in [-0.2, 0) is 0 Å². The van der Waals surface area contributed by atoms with Gasteiger partial charge in [-0.2, -0.15) is 0 Å². The van der Waals surface area contributed by atoms with Crippen molar-refractivity contribution in [2.75, 3.05) is 11.9 Å². The summed E-state index contributed by atoms with van der Waals surface area (Å²) in [5.41, 5.74) is 0.454. The lowest BCUT2D eigenvalue weighted by Crippen LogP contribution is -2.44. The summed E-state index contributed by atoms with van der Waals surface area (Å²) in [5.74, 6) is -0.264. The van der Waals surface area contributed by atoms with E-state index in [9.17, 15) is 4.39 Å². The topological polar surface area (TPSA) is 15.3 Å². The number of piperidine rings is 1. The second-order valence-corrected chi connectivity index (χ2v) is 4.83. The average molecular weight is 252 g/mol. The monoisotopic (exact) mass is 252 g/mol. The molecule has 0 aliphatic carbocycles. The molecule has 0 radical (unpaired) electrons. The van der Waals surface area contributed by atoms with E-state index < -0.39 is 0 Å². The molecule has 1 aromatic carbocycles. The molecule has 1 aliphatic rings. The predicted octanol–water partition coefficient (Wildman–Crippen LogP) is 3.40. The van der Waals surface area contributed by atoms with Gasteiger partial charge < -0.3 is 10.2 Å². The number of nitrogens with one attached hydrogen (secondary N) is 1. The Morgan fingerprint density at radius 3 is 2.88 bits per heavy atom. The summed E-state index contributed by atoms with van der Waals surface area (Å²) in [6.07, 6.45) is 3.56. The Bertz CT molecular complexity index is 408. The van der Waals surface area contributed by atoms with Gasteiger partial charge in [-0.25, -0.2) is 4.39 Å². The van der Waals surface area contributed by atoms with Gasteiger partial charge in [-0.05, 0) is 50.5 Å². The maximum absolute atomic E-state index is 13.5. The van der Waals surface area contributed by atoms with Crippen molar-refractivity contribution in [1.29, 1.82) is 0 Å². The van der Waals surface area contributed by atoms with E-state index in [2.05, 4.69) is 17.1 Å². The minimum absolute atomic E-state index is 0.264. The SMILES string of the molecule is C[C@@H]1CCCCN1C(=S)Nc1ccccc1F. The highest BCUT2D eigenvalue weighted by Gasteiger charge is 2.20. The number of nitrogens with zero attached hydrogens (tertiary/aromatic N) is 1. The lowest BCUT2D eigenvalue weighted by atomic mass is 10.0. The number of para-hydroxylation sites is 1. The second-order valence-electron chi connectivity index (χ2n) is 4.45. The van der Waals surface area contributed by atoms with Crippen LogP contribution in [-0.4, -0.2) is 22.6 Å². The second kappa shape index (κ2) is 5.45. The molecule has 1 aliphatic heterocycles. The van der Waals surface area contributed by atoms with Crippen LogP contribution in [0.5, 0.6) is 0 Å². The summed E-state index contributed by atoms with van der Waals surface area (Å²) in [6.45, 7) is 3.12. The molecule has 2 nitrogen and oxygen atoms in total. The highest BCUT2D eigenvalue weighted by molar-refractivity contribution is 7.80. The van der Waals surface area contributed by atoms with Crippen molar-refractivity contribution in [3.63, 3.8) is 0 Å². The first-order valence-corrected chi connectivity index (χ1v) is 6.41. The molecular weight excluding hydrogens is 235 g/mol. The van der Waals surface area contributed by atoms with Crippen molar-refractivity contribution >= 4 is 23.0 Å². The van der Waals surface area contributed by atoms with Gasteiger partial charge >= 0.3 is 0 Å². The normalized spacial score (nSPS) is 20.1. The van der Waals surface area contributed by atoms with Crippen molar-refractivity contribution in [1.82, 2.24) is 4.90 Å². The molecule has 1 heterocycles. The molecule has 1 fully saturated rings. The van der Waals surface area contributed by atoms with Crippen molar-refractivity contribution in [2.45, 2.75) is 32.2 Å². The first kappa shape index (κ1) is 12.3. The van der Waals surface area contributed by atoms with Gasteiger partial charge in [0.25, 0.3) is 0 Å². The van der Waals surface area contributed by atoms with Gasteiger partial charge in [0.1, 0.15) is 5.82 Å². The Balaban J connectivity index is 2.03. The Labute approximate surface area is 107 Å². The van der Waals surface area contributed by atoms with Crippen LogP contribution in [0.1, 0.15) is 26.2 Å². The van der Waals surface area contributed by atoms with Crippen molar-refractivity contribution in [3.05, 3.63) is 30.1 Å². The minimum Gasteiger partial charge on any atom is -0.346 e. The number of likely N-dealkylation sites (tertiary alicyclic amines) is 1. The fraction of sp³-hybridized carbons (Fsp3) is 0.462. The molecule has 0 bridgehead atoms. The van der Waals surface area contributed by atoms with E-state index in [0.717, 1.165) is 19.4 Å². The Hall–Kier alpha value is -1.16. The molecule has 1 aromatic rings. The van der Waals surface area contributed by atoms with E-state index in [0.29, 0.717) is 16.8 Å². The van der Waals surface area contributed by atoms with E-state index in [1.54, 1.807) is 18.2 Å². The van der Waals surface area contributed by atoms with Crippen LogP contribution in [0.25, 0.3) is 0 Å². The summed E-state index contributed by atoms with van der Waals surface area (Å²) >= 11 is 5.34. The first-order valence-electron chi connectivity index (χ1n) is 6.00. The van der Waals surface area contributed by atoms with E-state index in [1.165, 1.54) is 12.5 Å². The molecule has 92 valence electrons. The summed E-state index contributed by atoms with van der Waals surface area (Å²) in [7, 11) is 0. The molecule has 0 saturated carbocycles. The van der Waals surface area contributed by atoms with Gasteiger partial charge in [-0.3, -0.25) is 0 Å². The van der Waals surface area contributed by atoms with Crippen LogP contribution in [0.15, 0.2) is 24.3 Å². The minimum atomic E-state index is -0.264. The lowest BCUT2D eigenvalue weighted by Gasteiger charge is -2.35. The largest absolute Gasteiger partial charge is 0.346 e. The smallest absolute Gasteiger partial charge is 0.173 e. The summed E-state index contributed by atoms with van der Waals surface area (Å²) in [4.78, 5) is 2.14. The molecule has 0 spiro atoms. The third kappa shape index (κ3) is 2.94. The van der Waals surface area contributed by atoms with Crippen molar-refractivity contribution < 1.29 is 4.39 Å². The predicted molar refractivity (Wildman–Crippen MR) is 72.6 cm³/mol. The summed E-state index contributed by atoms with van der Waals surface area (Å²) in [5, 5.41) is 3.62. The molecule has 2 rings (SSSR count). The maximum Gasteiger partial charge on any atom is 0.173 e. The van der Waals surface area contributed by atoms with Gasteiger partial charge in [-0.1, -0.05) is 12.1 Å². The van der Waals surface area contributed by atoms with Crippen molar-refractivity contribution in [3.8, 4) is 0 Å². The zero-order valence-electron chi connectivity index (χ0n) is 9.95. The molecular formula is C13H17FN2S. The molecule has 17 heavy (non-hydrogen) atoms. The van der Waals surface area contributed by atoms with Crippen LogP contribution in [0.3, 0.4) is 0 Å². The third-order valence-electron chi connectivity index (χ3n) is 3.18. The van der Waals surface area contributed by atoms with Gasteiger partial charge in [0.05, 0.1) is 5.69 Å². The fourth-order valence-electron chi connectivity index (χ4n) is 2.15. The highest BCUT2D eigenvalue weighted by Crippen LogP contribution is 2.19. The number of rotatable bonds is 1. The van der Waals surface area contributed by atoms with Crippen LogP contribution in [0, 0.1) is 5.82 Å². The number of halogens is 1. The Morgan fingerprint density at radius 1 is 1.41 bits per heavy atom. The molecule has 1 N–H and O–H groups in total. The number of thiocarbonyl (C=S) groups is 1. The zero-order valence-corrected chi connectivity index (χ0v) is 10.8. The molecule has 4 heteroatoms. The quantitative estimate of drug-likeness (QED) is 0.771. The van der Waals surface area contributed by atoms with Crippen LogP contribution < -0.4 is 5.32 Å². The van der Waals surface area contributed by atoms with E-state index in [1.807, 2.05) is 0 Å². The number of hydrogen-bond donors (Lipinski definition) is 1. The molecule has 1 atom stereocenters. The van der Waals surface area contributed by atoms with E-state index >= 15 is 0 Å². The Kier molecular flexibility index (Phi) is 3.94. The summed E-state index contributed by atoms with van der Waals surface area (Å²) < 4.78 is 13.5. The molecule has 0 aromatic heterocycles. The summed E-state index contributed by atoms with van der Waals surface area (Å²) in [6, 6.07) is 7.05. The molecule has 1 saturated heterocycles. The average Bonchev–Trinajstić information content (AvgIpc) is 2.32. The van der Waals surface area contributed by atoms with Crippen molar-refractivity contribution in [2.24, 2.45) is 0 Å². The van der Waals surface area contributed by atoms with E-state index in [4.69, 9.17) is 12.2 Å². The molecule has 0 amide bonds. The Morgan fingerprint density at radius 2 is 2.18 bits per heavy atom. The van der Waals surface area contributed by atoms with Crippen LogP contribution >= 0.6 is 12.2 Å². The van der Waals surface area contributed by atoms with E-state index in [-0.39, 0.29) is 5.82 Å². The fourth-order valence-corrected chi connectivity index (χ4v) is 2.53. The van der Waals surface area contributed by atoms with Gasteiger partial charge in [-0.15, -0.1) is 0 Å². The maximum atomic E-state index is 13.5. The first-order chi connectivity index (χ1) is 8.18. The van der Waals surface area contributed by atoms with Gasteiger partial charge in [0.15, 0.2) is 5.11 Å². The highest BCUT2D eigenvalue weighted by atomic mass is 32.1. The third-order valence-corrected chi connectivity index (χ3v) is 3.52. The van der Waals surface area contributed by atoms with Crippen LogP contribution in [0.4, 0.5) is 10.1 Å². The number of anilines is 1. The zero-order chi connectivity index (χ0) is 12.3. The van der Waals surface area contributed by atoms with Gasteiger partial charge in [0.2, 0.25) is 0 Å². The number of benzene rings is 1. The standard InChI is InChI=1S/C13H17FN2S/c1-10-6-4-5-9-16(10)13(17)15-12-8-3-2-7-11(12)14/h2-3,7-8,10H,4-6,9H2,1H3,(H,15,17)/t10-/m1/s1. The number of hydrogen-bond acceptors (Lipinski definition) is 1. The van der Waals surface area contributed by atoms with Gasteiger partial charge in [0, 0.05) is 12.6 Å². The lowest BCUT2D eigenvalue weighted by molar-refractivity contribution is 0.262. The van der Waals surface area contributed by atoms with Crippen LogP contribution in [0.2, 0.25) is 0 Å².